The molecule has 0 radical (unpaired) electrons. The van der Waals surface area contributed by atoms with Gasteiger partial charge in [-0.15, -0.1) is 0 Å². The molecular weight excluding hydrogens is 346 g/mol. The highest BCUT2D eigenvalue weighted by Crippen LogP contribution is 2.14. The van der Waals surface area contributed by atoms with Crippen LogP contribution in [0.4, 0.5) is 4.79 Å². The minimum absolute atomic E-state index is 0.102. The van der Waals surface area contributed by atoms with E-state index in [1.54, 1.807) is 0 Å². The Morgan fingerprint density at radius 2 is 2.00 bits per heavy atom. The van der Waals surface area contributed by atoms with Crippen LogP contribution in [0.3, 0.4) is 0 Å². The average Bonchev–Trinajstić information content (AvgIpc) is 3.04. The van der Waals surface area contributed by atoms with E-state index in [1.807, 2.05) is 44.2 Å². The molecule has 0 unspecified atom stereocenters. The standard InChI is InChI=1S/C20H29N3O4/c1-14(2)10-17(21)18(24)12-23(11-16-8-9-22-19(16)25)20(26)27-13-15-6-4-3-5-7-15/h3-7,14,16-17H,8-13,21H2,1-2H3,(H,22,25)/t16-,17-/m0/s1. The van der Waals surface area contributed by atoms with Gasteiger partial charge < -0.3 is 20.7 Å². The van der Waals surface area contributed by atoms with E-state index in [0.717, 1.165) is 5.56 Å². The van der Waals surface area contributed by atoms with Crippen molar-refractivity contribution >= 4 is 17.8 Å². The Morgan fingerprint density at radius 1 is 1.30 bits per heavy atom. The molecule has 0 aliphatic carbocycles. The molecule has 1 aromatic rings. The zero-order chi connectivity index (χ0) is 19.8. The van der Waals surface area contributed by atoms with Crippen molar-refractivity contribution < 1.29 is 19.1 Å². The van der Waals surface area contributed by atoms with Crippen molar-refractivity contribution in [3.63, 3.8) is 0 Å². The number of hydrogen-bond acceptors (Lipinski definition) is 5. The van der Waals surface area contributed by atoms with E-state index in [9.17, 15) is 14.4 Å². The summed E-state index contributed by atoms with van der Waals surface area (Å²) in [5.41, 5.74) is 6.81. The Hall–Kier alpha value is -2.41. The number of amides is 2. The van der Waals surface area contributed by atoms with Crippen LogP contribution < -0.4 is 11.1 Å². The van der Waals surface area contributed by atoms with Gasteiger partial charge in [0.05, 0.1) is 18.5 Å². The fraction of sp³-hybridized carbons (Fsp3) is 0.550. The van der Waals surface area contributed by atoms with Gasteiger partial charge in [0, 0.05) is 13.1 Å². The summed E-state index contributed by atoms with van der Waals surface area (Å²) in [4.78, 5) is 38.2. The van der Waals surface area contributed by atoms with Crippen LogP contribution in [0.5, 0.6) is 0 Å². The number of benzene rings is 1. The van der Waals surface area contributed by atoms with Crippen molar-refractivity contribution in [3.8, 4) is 0 Å². The number of nitrogens with two attached hydrogens (primary N) is 1. The van der Waals surface area contributed by atoms with Crippen LogP contribution in [-0.2, 0) is 20.9 Å². The van der Waals surface area contributed by atoms with Gasteiger partial charge in [-0.2, -0.15) is 0 Å². The lowest BCUT2D eigenvalue weighted by molar-refractivity contribution is -0.125. The van der Waals surface area contributed by atoms with Gasteiger partial charge in [-0.1, -0.05) is 44.2 Å². The monoisotopic (exact) mass is 375 g/mol. The average molecular weight is 375 g/mol. The summed E-state index contributed by atoms with van der Waals surface area (Å²) in [6, 6.07) is 8.67. The summed E-state index contributed by atoms with van der Waals surface area (Å²) in [5.74, 6) is -0.375. The second-order valence-corrected chi connectivity index (χ2v) is 7.40. The number of ether oxygens (including phenoxy) is 1. The van der Waals surface area contributed by atoms with E-state index in [4.69, 9.17) is 10.5 Å². The summed E-state index contributed by atoms with van der Waals surface area (Å²) in [6.07, 6.45) is 0.576. The number of carbonyl (C=O) groups excluding carboxylic acids is 3. The maximum absolute atomic E-state index is 12.6. The zero-order valence-corrected chi connectivity index (χ0v) is 16.0. The number of nitrogens with one attached hydrogen (secondary N) is 1. The van der Waals surface area contributed by atoms with Crippen LogP contribution in [0.1, 0.15) is 32.3 Å². The van der Waals surface area contributed by atoms with Crippen LogP contribution in [-0.4, -0.2) is 48.4 Å². The second kappa shape index (κ2) is 10.1. The summed E-state index contributed by atoms with van der Waals surface area (Å²) in [7, 11) is 0. The van der Waals surface area contributed by atoms with Crippen molar-refractivity contribution in [2.24, 2.45) is 17.6 Å². The first-order valence-electron chi connectivity index (χ1n) is 9.38. The minimum Gasteiger partial charge on any atom is -0.445 e. The molecule has 1 saturated heterocycles. The molecule has 1 aliphatic heterocycles. The lowest BCUT2D eigenvalue weighted by Gasteiger charge is -2.25. The molecule has 1 fully saturated rings. The minimum atomic E-state index is -0.633. The van der Waals surface area contributed by atoms with Gasteiger partial charge in [0.2, 0.25) is 5.91 Å². The highest BCUT2D eigenvalue weighted by Gasteiger charge is 2.31. The van der Waals surface area contributed by atoms with E-state index >= 15 is 0 Å². The quantitative estimate of drug-likeness (QED) is 0.684. The molecule has 7 heteroatoms. The third-order valence-electron chi connectivity index (χ3n) is 4.55. The molecule has 148 valence electrons. The molecule has 1 heterocycles. The molecule has 2 atom stereocenters. The maximum atomic E-state index is 12.6. The molecular formula is C20H29N3O4. The van der Waals surface area contributed by atoms with Gasteiger partial charge in [0.1, 0.15) is 6.61 Å². The molecule has 0 bridgehead atoms. The normalized spacial score (nSPS) is 17.5. The Bertz CT molecular complexity index is 648. The van der Waals surface area contributed by atoms with Gasteiger partial charge >= 0.3 is 6.09 Å². The van der Waals surface area contributed by atoms with Gasteiger partial charge in [0.15, 0.2) is 5.78 Å². The van der Waals surface area contributed by atoms with E-state index in [-0.39, 0.29) is 43.2 Å². The third kappa shape index (κ3) is 6.67. The lowest BCUT2D eigenvalue weighted by Crippen LogP contribution is -2.45. The summed E-state index contributed by atoms with van der Waals surface area (Å²) in [6.45, 7) is 4.67. The molecule has 7 nitrogen and oxygen atoms in total. The van der Waals surface area contributed by atoms with Crippen LogP contribution in [0.2, 0.25) is 0 Å². The van der Waals surface area contributed by atoms with Crippen molar-refractivity contribution in [1.29, 1.82) is 0 Å². The van der Waals surface area contributed by atoms with Crippen LogP contribution in [0.15, 0.2) is 30.3 Å². The molecule has 0 spiro atoms. The summed E-state index contributed by atoms with van der Waals surface area (Å²) < 4.78 is 5.36. The van der Waals surface area contributed by atoms with E-state index < -0.39 is 12.1 Å². The lowest BCUT2D eigenvalue weighted by atomic mass is 10.0. The molecule has 1 aliphatic rings. The molecule has 2 amide bonds. The molecule has 0 aromatic heterocycles. The Balaban J connectivity index is 2.00. The first-order chi connectivity index (χ1) is 12.9. The SMILES string of the molecule is CC(C)C[C@H](N)C(=O)CN(C[C@@H]1CCNC1=O)C(=O)OCc1ccccc1. The van der Waals surface area contributed by atoms with E-state index in [1.165, 1.54) is 4.90 Å². The topological polar surface area (TPSA) is 102 Å². The van der Waals surface area contributed by atoms with Gasteiger partial charge in [0.25, 0.3) is 0 Å². The van der Waals surface area contributed by atoms with Crippen LogP contribution in [0, 0.1) is 11.8 Å². The summed E-state index contributed by atoms with van der Waals surface area (Å²) in [5, 5.41) is 2.75. The third-order valence-corrected chi connectivity index (χ3v) is 4.55. The van der Waals surface area contributed by atoms with E-state index in [2.05, 4.69) is 5.32 Å². The highest BCUT2D eigenvalue weighted by atomic mass is 16.6. The first-order valence-corrected chi connectivity index (χ1v) is 9.38. The number of nitrogens with zero attached hydrogens (tertiary/aromatic N) is 1. The first kappa shape index (κ1) is 20.9. The maximum Gasteiger partial charge on any atom is 0.410 e. The molecule has 0 saturated carbocycles. The molecule has 3 N–H and O–H groups in total. The van der Waals surface area contributed by atoms with Crippen molar-refractivity contribution in [2.75, 3.05) is 19.6 Å². The molecule has 27 heavy (non-hydrogen) atoms. The predicted octanol–water partition coefficient (Wildman–Crippen LogP) is 1.70. The summed E-state index contributed by atoms with van der Waals surface area (Å²) >= 11 is 0. The van der Waals surface area contributed by atoms with Crippen molar-refractivity contribution in [1.82, 2.24) is 10.2 Å². The van der Waals surface area contributed by atoms with Gasteiger partial charge in [-0.05, 0) is 24.3 Å². The molecule has 1 aromatic carbocycles. The fourth-order valence-electron chi connectivity index (χ4n) is 3.04. The van der Waals surface area contributed by atoms with Crippen LogP contribution >= 0.6 is 0 Å². The zero-order valence-electron chi connectivity index (χ0n) is 16.0. The van der Waals surface area contributed by atoms with Crippen LogP contribution in [0.25, 0.3) is 0 Å². The number of Topliss-reactive ketones (excluding diaryl/α,β-unsaturated/α-hetero) is 1. The smallest absolute Gasteiger partial charge is 0.410 e. The van der Waals surface area contributed by atoms with E-state index in [0.29, 0.717) is 19.4 Å². The molecule has 2 rings (SSSR count). The van der Waals surface area contributed by atoms with Gasteiger partial charge in [-0.25, -0.2) is 4.79 Å². The number of ketones is 1. The van der Waals surface area contributed by atoms with Crippen molar-refractivity contribution in [3.05, 3.63) is 35.9 Å². The Labute approximate surface area is 160 Å². The second-order valence-electron chi connectivity index (χ2n) is 7.40. The largest absolute Gasteiger partial charge is 0.445 e. The number of hydrogen-bond donors (Lipinski definition) is 2. The highest BCUT2D eigenvalue weighted by molar-refractivity contribution is 5.88. The fourth-order valence-corrected chi connectivity index (χ4v) is 3.04. The Morgan fingerprint density at radius 3 is 2.59 bits per heavy atom. The van der Waals surface area contributed by atoms with Gasteiger partial charge in [-0.3, -0.25) is 9.59 Å². The number of carbonyl (C=O) groups is 3. The van der Waals surface area contributed by atoms with Crippen molar-refractivity contribution in [2.45, 2.75) is 39.3 Å². The number of rotatable bonds is 9. The Kier molecular flexibility index (Phi) is 7.79. The predicted molar refractivity (Wildman–Crippen MR) is 102 cm³/mol.